The predicted octanol–water partition coefficient (Wildman–Crippen LogP) is 4.85. The van der Waals surface area contributed by atoms with E-state index in [-0.39, 0.29) is 29.6 Å². The number of hydrogen-bond acceptors (Lipinski definition) is 5. The van der Waals surface area contributed by atoms with Crippen molar-refractivity contribution in [3.8, 4) is 11.1 Å². The zero-order chi connectivity index (χ0) is 26.3. The predicted molar refractivity (Wildman–Crippen MR) is 138 cm³/mol. The van der Waals surface area contributed by atoms with E-state index in [9.17, 15) is 9.59 Å². The number of aromatic nitrogens is 4. The molecule has 2 saturated carbocycles. The van der Waals surface area contributed by atoms with Gasteiger partial charge in [0.05, 0.1) is 0 Å². The highest BCUT2D eigenvalue weighted by atomic mass is 19.1. The Balaban J connectivity index is 1.39. The van der Waals surface area contributed by atoms with Gasteiger partial charge in [-0.1, -0.05) is 0 Å². The number of amides is 2. The van der Waals surface area contributed by atoms with Crippen LogP contribution in [0.3, 0.4) is 0 Å². The summed E-state index contributed by atoms with van der Waals surface area (Å²) in [6, 6.07) is 4.12. The van der Waals surface area contributed by atoms with Crippen LogP contribution in [0.2, 0.25) is 0 Å². The number of hydrogen-bond donors (Lipinski definition) is 2. The molecule has 0 aromatic carbocycles. The maximum Gasteiger partial charge on any atom is 0.270 e. The second kappa shape index (κ2) is 10.0. The molecule has 194 valence electrons. The molecule has 9 heteroatoms. The summed E-state index contributed by atoms with van der Waals surface area (Å²) >= 11 is 0. The molecule has 0 aliphatic heterocycles. The highest BCUT2D eigenvalue weighted by Crippen LogP contribution is 2.51. The van der Waals surface area contributed by atoms with Crippen molar-refractivity contribution in [3.05, 3.63) is 59.6 Å². The molecule has 8 nitrogen and oxygen atoms in total. The molecule has 2 N–H and O–H groups in total. The molecule has 0 bridgehead atoms. The molecule has 1 atom stereocenters. The van der Waals surface area contributed by atoms with Crippen molar-refractivity contribution in [1.29, 1.82) is 0 Å². The van der Waals surface area contributed by atoms with Gasteiger partial charge in [0, 0.05) is 35.8 Å². The minimum absolute atomic E-state index is 0.00335. The van der Waals surface area contributed by atoms with Crippen LogP contribution in [0.15, 0.2) is 36.8 Å². The molecule has 2 fully saturated rings. The van der Waals surface area contributed by atoms with E-state index in [2.05, 4.69) is 25.7 Å². The molecule has 5 rings (SSSR count). The van der Waals surface area contributed by atoms with Crippen LogP contribution in [-0.4, -0.2) is 37.6 Å². The monoisotopic (exact) mass is 504 g/mol. The topological polar surface area (TPSA) is 102 Å². The SMILES string of the molecule is Cc1cncc(-c2ccc(NC(=O)[C@@H](NC(=O)c3ccnn3C(C)C)C(C3CC3)C3CC3)nc2F)c1C. The highest BCUT2D eigenvalue weighted by molar-refractivity contribution is 6.00. The van der Waals surface area contributed by atoms with E-state index in [1.165, 1.54) is 0 Å². The van der Waals surface area contributed by atoms with Crippen LogP contribution in [0.4, 0.5) is 10.2 Å². The average Bonchev–Trinajstić information content (AvgIpc) is 3.80. The van der Waals surface area contributed by atoms with Crippen LogP contribution in [0, 0.1) is 37.5 Å². The number of aryl methyl sites for hydroxylation is 1. The molecule has 3 aromatic rings. The lowest BCUT2D eigenvalue weighted by Gasteiger charge is -2.27. The summed E-state index contributed by atoms with van der Waals surface area (Å²) in [6.45, 7) is 7.73. The molecule has 3 heterocycles. The fourth-order valence-electron chi connectivity index (χ4n) is 5.16. The first-order valence-electron chi connectivity index (χ1n) is 13.0. The van der Waals surface area contributed by atoms with Crippen molar-refractivity contribution in [3.63, 3.8) is 0 Å². The Morgan fingerprint density at radius 1 is 1.03 bits per heavy atom. The fraction of sp³-hybridized carbons (Fsp3) is 0.464. The molecular weight excluding hydrogens is 471 g/mol. The third-order valence-electron chi connectivity index (χ3n) is 7.54. The van der Waals surface area contributed by atoms with E-state index in [0.717, 1.165) is 36.8 Å². The molecular formula is C28H33FN6O2. The molecule has 0 unspecified atom stereocenters. The first-order valence-corrected chi connectivity index (χ1v) is 13.0. The van der Waals surface area contributed by atoms with Crippen molar-refractivity contribution in [2.45, 2.75) is 65.5 Å². The van der Waals surface area contributed by atoms with E-state index in [4.69, 9.17) is 0 Å². The summed E-state index contributed by atoms with van der Waals surface area (Å²) in [5.41, 5.74) is 3.28. The number of halogens is 1. The minimum atomic E-state index is -0.740. The molecule has 0 radical (unpaired) electrons. The molecule has 37 heavy (non-hydrogen) atoms. The molecule has 2 aliphatic rings. The van der Waals surface area contributed by atoms with E-state index >= 15 is 4.39 Å². The van der Waals surface area contributed by atoms with Crippen molar-refractivity contribution in [2.75, 3.05) is 5.32 Å². The van der Waals surface area contributed by atoms with Crippen molar-refractivity contribution in [1.82, 2.24) is 25.1 Å². The zero-order valence-corrected chi connectivity index (χ0v) is 21.7. The maximum atomic E-state index is 15.1. The third-order valence-corrected chi connectivity index (χ3v) is 7.54. The Kier molecular flexibility index (Phi) is 6.79. The van der Waals surface area contributed by atoms with Gasteiger partial charge in [-0.3, -0.25) is 19.3 Å². The number of nitrogens with one attached hydrogen (secondary N) is 2. The Morgan fingerprint density at radius 2 is 1.73 bits per heavy atom. The van der Waals surface area contributed by atoms with Gasteiger partial charge in [0.2, 0.25) is 11.9 Å². The number of nitrogens with zero attached hydrogens (tertiary/aromatic N) is 4. The van der Waals surface area contributed by atoms with Gasteiger partial charge in [0.25, 0.3) is 5.91 Å². The molecule has 2 aliphatic carbocycles. The number of anilines is 1. The summed E-state index contributed by atoms with van der Waals surface area (Å²) in [6.07, 6.45) is 9.14. The average molecular weight is 505 g/mol. The van der Waals surface area contributed by atoms with Gasteiger partial charge in [-0.25, -0.2) is 4.98 Å². The van der Waals surface area contributed by atoms with Crippen LogP contribution in [0.1, 0.15) is 67.2 Å². The first-order chi connectivity index (χ1) is 17.7. The second-order valence-electron chi connectivity index (χ2n) is 10.6. The van der Waals surface area contributed by atoms with Crippen molar-refractivity contribution in [2.24, 2.45) is 17.8 Å². The van der Waals surface area contributed by atoms with Gasteiger partial charge >= 0.3 is 0 Å². The standard InChI is InChI=1S/C28H33FN6O2/c1-15(2)35-22(11-12-31-35)27(36)34-25(24(18-5-6-18)19-7-8-19)28(37)33-23-10-9-20(26(29)32-23)21-14-30-13-16(3)17(21)4/h9-15,18-19,24-25H,5-8H2,1-4H3,(H,34,36)(H,32,33,37)/t25-/m0/s1. The molecule has 3 aromatic heterocycles. The number of rotatable bonds is 9. The summed E-state index contributed by atoms with van der Waals surface area (Å²) < 4.78 is 16.7. The first kappa shape index (κ1) is 25.0. The Bertz CT molecular complexity index is 1320. The maximum absolute atomic E-state index is 15.1. The normalized spacial score (nSPS) is 16.2. The molecule has 2 amide bonds. The lowest BCUT2D eigenvalue weighted by atomic mass is 9.88. The van der Waals surface area contributed by atoms with Crippen LogP contribution in [-0.2, 0) is 4.79 Å². The van der Waals surface area contributed by atoms with E-state index < -0.39 is 12.0 Å². The Labute approximate surface area is 216 Å². The summed E-state index contributed by atoms with van der Waals surface area (Å²) in [4.78, 5) is 35.1. The number of carbonyl (C=O) groups excluding carboxylic acids is 2. The Hall–Kier alpha value is -3.62. The van der Waals surface area contributed by atoms with Crippen molar-refractivity contribution >= 4 is 17.6 Å². The van der Waals surface area contributed by atoms with E-state index in [1.807, 2.05) is 27.7 Å². The van der Waals surface area contributed by atoms with Crippen LogP contribution < -0.4 is 10.6 Å². The van der Waals surface area contributed by atoms with Gasteiger partial charge in [-0.2, -0.15) is 9.49 Å². The summed E-state index contributed by atoms with van der Waals surface area (Å²) in [7, 11) is 0. The van der Waals surface area contributed by atoms with Gasteiger partial charge in [0.15, 0.2) is 0 Å². The number of pyridine rings is 2. The largest absolute Gasteiger partial charge is 0.339 e. The van der Waals surface area contributed by atoms with E-state index in [0.29, 0.717) is 28.7 Å². The van der Waals surface area contributed by atoms with Crippen molar-refractivity contribution < 1.29 is 14.0 Å². The number of carbonyl (C=O) groups is 2. The Morgan fingerprint density at radius 3 is 2.35 bits per heavy atom. The second-order valence-corrected chi connectivity index (χ2v) is 10.6. The highest BCUT2D eigenvalue weighted by Gasteiger charge is 2.48. The van der Waals surface area contributed by atoms with Crippen LogP contribution in [0.25, 0.3) is 11.1 Å². The lowest BCUT2D eigenvalue weighted by molar-refractivity contribution is -0.119. The van der Waals surface area contributed by atoms with E-state index in [1.54, 1.807) is 41.5 Å². The van der Waals surface area contributed by atoms with Gasteiger partial charge in [-0.15, -0.1) is 0 Å². The molecule has 0 saturated heterocycles. The van der Waals surface area contributed by atoms with Gasteiger partial charge in [0.1, 0.15) is 17.6 Å². The third kappa shape index (κ3) is 5.26. The summed E-state index contributed by atoms with van der Waals surface area (Å²) in [5.74, 6) is -0.429. The summed E-state index contributed by atoms with van der Waals surface area (Å²) in [5, 5.41) is 10.0. The zero-order valence-electron chi connectivity index (χ0n) is 21.7. The van der Waals surface area contributed by atoms with Crippen LogP contribution >= 0.6 is 0 Å². The smallest absolute Gasteiger partial charge is 0.270 e. The van der Waals surface area contributed by atoms with Gasteiger partial charge in [-0.05, 0) is 100 Å². The van der Waals surface area contributed by atoms with Gasteiger partial charge < -0.3 is 10.6 Å². The molecule has 0 spiro atoms. The quantitative estimate of drug-likeness (QED) is 0.406. The minimum Gasteiger partial charge on any atom is -0.339 e. The van der Waals surface area contributed by atoms with Crippen LogP contribution in [0.5, 0.6) is 0 Å². The fourth-order valence-corrected chi connectivity index (χ4v) is 5.16. The lowest BCUT2D eigenvalue weighted by Crippen LogP contribution is -2.50.